The zero-order valence-electron chi connectivity index (χ0n) is 29.0. The molecule has 11 heteroatoms. The normalized spacial score (nSPS) is 13.3. The number of amides is 1. The first kappa shape index (κ1) is 35.0. The third-order valence-corrected chi connectivity index (χ3v) is 8.79. The van der Waals surface area contributed by atoms with Gasteiger partial charge in [-0.05, 0) is 78.1 Å². The minimum absolute atomic E-state index is 0.0683. The van der Waals surface area contributed by atoms with Gasteiger partial charge in [0.1, 0.15) is 0 Å². The molecule has 3 heterocycles. The molecule has 4 aromatic rings. The Hall–Kier alpha value is -5.29. The van der Waals surface area contributed by atoms with Crippen molar-refractivity contribution in [2.75, 3.05) is 55.7 Å². The maximum Gasteiger partial charge on any atom is 0.246 e. The topological polar surface area (TPSA) is 105 Å². The number of rotatable bonds is 14. The molecule has 2 aromatic carbocycles. The highest BCUT2D eigenvalue weighted by atomic mass is 16.5. The van der Waals surface area contributed by atoms with Crippen LogP contribution >= 0.6 is 0 Å². The molecule has 5 rings (SSSR count). The van der Waals surface area contributed by atoms with Gasteiger partial charge in [-0.25, -0.2) is 0 Å². The third-order valence-electron chi connectivity index (χ3n) is 8.79. The molecule has 49 heavy (non-hydrogen) atoms. The van der Waals surface area contributed by atoms with Crippen LogP contribution in [0.15, 0.2) is 73.7 Å². The number of ether oxygens (including phenoxy) is 6. The summed E-state index contributed by atoms with van der Waals surface area (Å²) in [5, 5.41) is 0. The molecule has 1 amide bonds. The zero-order valence-corrected chi connectivity index (χ0v) is 29.0. The van der Waals surface area contributed by atoms with Gasteiger partial charge in [0.05, 0.1) is 48.4 Å². The van der Waals surface area contributed by atoms with Crippen molar-refractivity contribution in [3.63, 3.8) is 0 Å². The van der Waals surface area contributed by atoms with E-state index in [1.54, 1.807) is 55.1 Å². The van der Waals surface area contributed by atoms with E-state index in [0.717, 1.165) is 66.0 Å². The van der Waals surface area contributed by atoms with E-state index in [2.05, 4.69) is 27.5 Å². The number of piperidine rings is 1. The molecule has 0 spiro atoms. The van der Waals surface area contributed by atoms with Crippen molar-refractivity contribution in [2.24, 2.45) is 0 Å². The van der Waals surface area contributed by atoms with Crippen LogP contribution in [0.3, 0.4) is 0 Å². The van der Waals surface area contributed by atoms with Gasteiger partial charge in [-0.2, -0.15) is 0 Å². The van der Waals surface area contributed by atoms with Crippen molar-refractivity contribution in [1.82, 2.24) is 19.8 Å². The fraction of sp³-hybridized carbons (Fsp3) is 0.342. The number of methoxy groups -OCH3 is 6. The Kier molecular flexibility index (Phi) is 11.6. The molecular weight excluding hydrogens is 624 g/mol. The number of pyridine rings is 2. The lowest BCUT2D eigenvalue weighted by atomic mass is 10.00. The van der Waals surface area contributed by atoms with Gasteiger partial charge < -0.3 is 33.3 Å². The fourth-order valence-electron chi connectivity index (χ4n) is 6.29. The average Bonchev–Trinajstić information content (AvgIpc) is 3.15. The van der Waals surface area contributed by atoms with Gasteiger partial charge in [-0.1, -0.05) is 6.58 Å². The lowest BCUT2D eigenvalue weighted by Crippen LogP contribution is -2.46. The Morgan fingerprint density at radius 1 is 0.776 bits per heavy atom. The monoisotopic (exact) mass is 668 g/mol. The van der Waals surface area contributed by atoms with Crippen molar-refractivity contribution >= 4 is 5.91 Å². The molecule has 0 unspecified atom stereocenters. The fourth-order valence-corrected chi connectivity index (χ4v) is 6.29. The van der Waals surface area contributed by atoms with Gasteiger partial charge in [-0.15, -0.1) is 0 Å². The molecule has 0 saturated carbocycles. The molecule has 0 N–H and O–H groups in total. The van der Waals surface area contributed by atoms with Crippen LogP contribution in [0.2, 0.25) is 0 Å². The van der Waals surface area contributed by atoms with Crippen LogP contribution in [-0.2, 0) is 17.9 Å². The Labute approximate surface area is 288 Å². The van der Waals surface area contributed by atoms with E-state index in [-0.39, 0.29) is 11.9 Å². The van der Waals surface area contributed by atoms with Gasteiger partial charge in [-0.3, -0.25) is 19.7 Å². The number of carbonyl (C=O) groups excluding carboxylic acids is 1. The second-order valence-electron chi connectivity index (χ2n) is 11.6. The summed E-state index contributed by atoms with van der Waals surface area (Å²) in [6, 6.07) is 13.8. The molecule has 1 saturated heterocycles. The van der Waals surface area contributed by atoms with Crippen molar-refractivity contribution in [3.8, 4) is 56.9 Å². The number of hydrogen-bond donors (Lipinski definition) is 0. The molecule has 1 aliphatic heterocycles. The van der Waals surface area contributed by atoms with E-state index >= 15 is 0 Å². The molecule has 0 atom stereocenters. The molecule has 0 radical (unpaired) electrons. The highest BCUT2D eigenvalue weighted by molar-refractivity contribution is 5.87. The van der Waals surface area contributed by atoms with E-state index in [1.807, 2.05) is 47.5 Å². The lowest BCUT2D eigenvalue weighted by Gasteiger charge is -2.38. The predicted octanol–water partition coefficient (Wildman–Crippen LogP) is 6.04. The van der Waals surface area contributed by atoms with Crippen LogP contribution in [0, 0.1) is 0 Å². The first-order valence-electron chi connectivity index (χ1n) is 16.0. The highest BCUT2D eigenvalue weighted by Gasteiger charge is 2.27. The summed E-state index contributed by atoms with van der Waals surface area (Å²) in [6.07, 6.45) is 8.48. The lowest BCUT2D eigenvalue weighted by molar-refractivity contribution is -0.130. The van der Waals surface area contributed by atoms with Gasteiger partial charge in [0.15, 0.2) is 23.0 Å². The second kappa shape index (κ2) is 16.2. The minimum Gasteiger partial charge on any atom is -0.493 e. The van der Waals surface area contributed by atoms with Crippen molar-refractivity contribution in [1.29, 1.82) is 0 Å². The first-order chi connectivity index (χ1) is 23.8. The van der Waals surface area contributed by atoms with Crippen LogP contribution in [-0.4, -0.2) is 87.5 Å². The minimum atomic E-state index is -0.0965. The maximum absolute atomic E-state index is 13.2. The number of carbonyl (C=O) groups is 1. The molecule has 11 nitrogen and oxygen atoms in total. The van der Waals surface area contributed by atoms with E-state index in [4.69, 9.17) is 28.4 Å². The van der Waals surface area contributed by atoms with E-state index in [0.29, 0.717) is 41.0 Å². The molecular formula is C38H44N4O7. The smallest absolute Gasteiger partial charge is 0.246 e. The SMILES string of the molecule is C=CC(=O)N(Cc1cncc(-c2cc(OC)c(OC)c(OC)c2)c1)C1CCN(Cc2ccnc(-c3cc(OC)c(OC)c(OC)c3)c2)CC1. The molecule has 1 fully saturated rings. The van der Waals surface area contributed by atoms with Gasteiger partial charge in [0, 0.05) is 61.9 Å². The Morgan fingerprint density at radius 3 is 1.88 bits per heavy atom. The predicted molar refractivity (Wildman–Crippen MR) is 188 cm³/mol. The van der Waals surface area contributed by atoms with Gasteiger partial charge in [0.2, 0.25) is 17.4 Å². The van der Waals surface area contributed by atoms with Crippen LogP contribution < -0.4 is 28.4 Å². The number of aromatic nitrogens is 2. The standard InChI is InChI=1S/C38H44N4O7/c1-8-36(43)42(24-26-15-29(22-39-21-26)27-17-32(44-2)37(48-6)33(18-27)45-3)30-10-13-41(14-11-30)23-25-9-12-40-31(16-25)28-19-34(46-4)38(49-7)35(20-28)47-5/h8-9,12,15-22,30H,1,10-11,13-14,23-24H2,2-7H3. The van der Waals surface area contributed by atoms with Crippen LogP contribution in [0.25, 0.3) is 22.4 Å². The molecule has 2 aromatic heterocycles. The Morgan fingerprint density at radius 2 is 1.35 bits per heavy atom. The molecule has 0 aliphatic carbocycles. The maximum atomic E-state index is 13.2. The zero-order chi connectivity index (χ0) is 34.9. The second-order valence-corrected chi connectivity index (χ2v) is 11.6. The van der Waals surface area contributed by atoms with Crippen LogP contribution in [0.1, 0.15) is 24.0 Å². The number of likely N-dealkylation sites (tertiary alicyclic amines) is 1. The first-order valence-corrected chi connectivity index (χ1v) is 16.0. The number of hydrogen-bond acceptors (Lipinski definition) is 10. The van der Waals surface area contributed by atoms with E-state index < -0.39 is 0 Å². The van der Waals surface area contributed by atoms with Crippen molar-refractivity contribution in [3.05, 3.63) is 84.8 Å². The van der Waals surface area contributed by atoms with Crippen molar-refractivity contribution in [2.45, 2.75) is 32.0 Å². The average molecular weight is 669 g/mol. The third kappa shape index (κ3) is 7.89. The molecule has 1 aliphatic rings. The summed E-state index contributed by atoms with van der Waals surface area (Å²) in [5.41, 5.74) is 5.49. The molecule has 258 valence electrons. The summed E-state index contributed by atoms with van der Waals surface area (Å²) in [5.74, 6) is 3.24. The largest absolute Gasteiger partial charge is 0.493 e. The quantitative estimate of drug-likeness (QED) is 0.148. The van der Waals surface area contributed by atoms with E-state index in [9.17, 15) is 4.79 Å². The summed E-state index contributed by atoms with van der Waals surface area (Å²) < 4.78 is 33.1. The van der Waals surface area contributed by atoms with Gasteiger partial charge >= 0.3 is 0 Å². The highest BCUT2D eigenvalue weighted by Crippen LogP contribution is 2.42. The summed E-state index contributed by atoms with van der Waals surface area (Å²) >= 11 is 0. The molecule has 0 bridgehead atoms. The Bertz CT molecular complexity index is 1720. The van der Waals surface area contributed by atoms with E-state index in [1.165, 1.54) is 6.08 Å². The van der Waals surface area contributed by atoms with Crippen LogP contribution in [0.5, 0.6) is 34.5 Å². The summed E-state index contributed by atoms with van der Waals surface area (Å²) in [6.45, 7) is 6.66. The van der Waals surface area contributed by atoms with Crippen molar-refractivity contribution < 1.29 is 33.2 Å². The number of nitrogens with zero attached hydrogens (tertiary/aromatic N) is 4. The number of benzene rings is 2. The van der Waals surface area contributed by atoms with Crippen LogP contribution in [0.4, 0.5) is 0 Å². The summed E-state index contributed by atoms with van der Waals surface area (Å²) in [4.78, 5) is 26.6. The summed E-state index contributed by atoms with van der Waals surface area (Å²) in [7, 11) is 9.54. The Balaban J connectivity index is 1.28. The van der Waals surface area contributed by atoms with Gasteiger partial charge in [0.25, 0.3) is 0 Å².